The second-order valence-corrected chi connectivity index (χ2v) is 7.62. The van der Waals surface area contributed by atoms with Crippen LogP contribution >= 0.6 is 0 Å². The summed E-state index contributed by atoms with van der Waals surface area (Å²) in [4.78, 5) is 19.2. The number of likely N-dealkylation sites (N-methyl/N-ethyl adjacent to an activating group) is 1. The summed E-state index contributed by atoms with van der Waals surface area (Å²) in [6, 6.07) is 6.83. The molecule has 138 valence electrons. The molecule has 0 radical (unpaired) electrons. The standard InChI is InChI=1S/C20H25N3O3/c1-20(2,3)17-10-13(16(26-5)11-21-17)22-19(25)14-9-12-7-6-8-15(24)18(12)23(14)4/h6-8,10-11,14,24H,9H2,1-5H3,(H,21,22,25). The van der Waals surface area contributed by atoms with E-state index in [2.05, 4.69) is 31.1 Å². The van der Waals surface area contributed by atoms with Crippen LogP contribution in [0.25, 0.3) is 0 Å². The number of rotatable bonds is 3. The smallest absolute Gasteiger partial charge is 0.247 e. The lowest BCUT2D eigenvalue weighted by molar-refractivity contribution is -0.117. The summed E-state index contributed by atoms with van der Waals surface area (Å²) in [5.74, 6) is 0.566. The number of fused-ring (bicyclic) bond motifs is 1. The second kappa shape index (κ2) is 6.52. The molecule has 0 saturated carbocycles. The van der Waals surface area contributed by atoms with E-state index < -0.39 is 6.04 Å². The fourth-order valence-corrected chi connectivity index (χ4v) is 3.25. The van der Waals surface area contributed by atoms with E-state index in [1.165, 1.54) is 0 Å². The number of aromatic hydroxyl groups is 1. The van der Waals surface area contributed by atoms with Gasteiger partial charge in [-0.1, -0.05) is 32.9 Å². The Labute approximate surface area is 153 Å². The topological polar surface area (TPSA) is 74.7 Å². The molecule has 1 unspecified atom stereocenters. The van der Waals surface area contributed by atoms with Crippen LogP contribution in [0.2, 0.25) is 0 Å². The van der Waals surface area contributed by atoms with Crippen molar-refractivity contribution in [3.8, 4) is 11.5 Å². The van der Waals surface area contributed by atoms with Crippen LogP contribution in [-0.2, 0) is 16.6 Å². The highest BCUT2D eigenvalue weighted by atomic mass is 16.5. The van der Waals surface area contributed by atoms with Gasteiger partial charge in [-0.05, 0) is 17.7 Å². The maximum atomic E-state index is 12.9. The summed E-state index contributed by atoms with van der Waals surface area (Å²) in [7, 11) is 3.37. The van der Waals surface area contributed by atoms with Crippen molar-refractivity contribution in [2.75, 3.05) is 24.4 Å². The van der Waals surface area contributed by atoms with Gasteiger partial charge in [-0.25, -0.2) is 0 Å². The predicted octanol–water partition coefficient (Wildman–Crippen LogP) is 3.09. The number of carbonyl (C=O) groups is 1. The van der Waals surface area contributed by atoms with Crippen molar-refractivity contribution in [3.05, 3.63) is 41.7 Å². The number of nitrogens with one attached hydrogen (secondary N) is 1. The molecule has 1 aliphatic heterocycles. The summed E-state index contributed by atoms with van der Waals surface area (Å²) in [5, 5.41) is 13.1. The fourth-order valence-electron chi connectivity index (χ4n) is 3.25. The van der Waals surface area contributed by atoms with E-state index in [0.717, 1.165) is 11.3 Å². The third kappa shape index (κ3) is 3.19. The quantitative estimate of drug-likeness (QED) is 0.885. The maximum absolute atomic E-state index is 12.9. The maximum Gasteiger partial charge on any atom is 0.247 e. The van der Waals surface area contributed by atoms with Gasteiger partial charge in [0.1, 0.15) is 11.8 Å². The van der Waals surface area contributed by atoms with Crippen molar-refractivity contribution in [1.82, 2.24) is 4.98 Å². The second-order valence-electron chi connectivity index (χ2n) is 7.62. The van der Waals surface area contributed by atoms with Crippen molar-refractivity contribution in [2.24, 2.45) is 0 Å². The molecular formula is C20H25N3O3. The van der Waals surface area contributed by atoms with Crippen LogP contribution < -0.4 is 15.0 Å². The van der Waals surface area contributed by atoms with Gasteiger partial charge in [-0.15, -0.1) is 0 Å². The molecule has 6 heteroatoms. The molecule has 2 N–H and O–H groups in total. The van der Waals surface area contributed by atoms with Crippen LogP contribution in [-0.4, -0.2) is 36.2 Å². The summed E-state index contributed by atoms with van der Waals surface area (Å²) >= 11 is 0. The number of anilines is 2. The number of methoxy groups -OCH3 is 1. The molecule has 3 rings (SSSR count). The Balaban J connectivity index is 1.86. The molecule has 1 aliphatic rings. The van der Waals surface area contributed by atoms with Crippen molar-refractivity contribution in [3.63, 3.8) is 0 Å². The minimum atomic E-state index is -0.394. The molecule has 0 spiro atoms. The first-order valence-electron chi connectivity index (χ1n) is 8.61. The molecule has 26 heavy (non-hydrogen) atoms. The van der Waals surface area contributed by atoms with Gasteiger partial charge in [-0.2, -0.15) is 0 Å². The lowest BCUT2D eigenvalue weighted by Gasteiger charge is -2.24. The molecule has 0 aliphatic carbocycles. The number of phenolic OH excluding ortho intramolecular Hbond substituents is 1. The number of hydrogen-bond acceptors (Lipinski definition) is 5. The van der Waals surface area contributed by atoms with E-state index in [0.29, 0.717) is 23.5 Å². The Bertz CT molecular complexity index is 843. The van der Waals surface area contributed by atoms with Gasteiger partial charge in [0, 0.05) is 24.6 Å². The summed E-state index contributed by atoms with van der Waals surface area (Å²) in [6.45, 7) is 6.20. The van der Waals surface area contributed by atoms with E-state index in [9.17, 15) is 9.90 Å². The molecule has 1 aromatic carbocycles. The number of ether oxygens (including phenoxy) is 1. The average molecular weight is 355 g/mol. The largest absolute Gasteiger partial charge is 0.506 e. The number of phenols is 1. The molecule has 2 aromatic rings. The third-order valence-electron chi connectivity index (χ3n) is 4.75. The van der Waals surface area contributed by atoms with Crippen LogP contribution in [0.3, 0.4) is 0 Å². The van der Waals surface area contributed by atoms with Crippen molar-refractivity contribution >= 4 is 17.3 Å². The van der Waals surface area contributed by atoms with Crippen LogP contribution in [0.1, 0.15) is 32.0 Å². The van der Waals surface area contributed by atoms with Gasteiger partial charge in [0.05, 0.1) is 24.7 Å². The van der Waals surface area contributed by atoms with Crippen LogP contribution in [0.4, 0.5) is 11.4 Å². The highest BCUT2D eigenvalue weighted by molar-refractivity contribution is 5.99. The molecule has 1 atom stereocenters. The predicted molar refractivity (Wildman–Crippen MR) is 102 cm³/mol. The zero-order chi connectivity index (χ0) is 19.1. The number of pyridine rings is 1. The highest BCUT2D eigenvalue weighted by Crippen LogP contribution is 2.39. The minimum Gasteiger partial charge on any atom is -0.506 e. The third-order valence-corrected chi connectivity index (χ3v) is 4.75. The fraction of sp³-hybridized carbons (Fsp3) is 0.400. The first-order chi connectivity index (χ1) is 12.2. The average Bonchev–Trinajstić information content (AvgIpc) is 2.92. The number of para-hydroxylation sites is 1. The first-order valence-corrected chi connectivity index (χ1v) is 8.61. The van der Waals surface area contributed by atoms with E-state index in [4.69, 9.17) is 4.74 Å². The zero-order valence-electron chi connectivity index (χ0n) is 15.8. The van der Waals surface area contributed by atoms with Gasteiger partial charge in [-0.3, -0.25) is 9.78 Å². The number of hydrogen-bond donors (Lipinski definition) is 2. The lowest BCUT2D eigenvalue weighted by Crippen LogP contribution is -2.39. The van der Waals surface area contributed by atoms with Crippen LogP contribution in [0.5, 0.6) is 11.5 Å². The molecular weight excluding hydrogens is 330 g/mol. The Morgan fingerprint density at radius 1 is 1.38 bits per heavy atom. The Morgan fingerprint density at radius 2 is 2.12 bits per heavy atom. The monoisotopic (exact) mass is 355 g/mol. The van der Waals surface area contributed by atoms with Gasteiger partial charge in [0.25, 0.3) is 0 Å². The minimum absolute atomic E-state index is 0.141. The van der Waals surface area contributed by atoms with Crippen molar-refractivity contribution in [2.45, 2.75) is 38.6 Å². The van der Waals surface area contributed by atoms with E-state index >= 15 is 0 Å². The number of amides is 1. The Morgan fingerprint density at radius 3 is 2.73 bits per heavy atom. The molecule has 2 heterocycles. The SMILES string of the molecule is COc1cnc(C(C)(C)C)cc1NC(=O)C1Cc2cccc(O)c2N1C. The molecule has 1 aromatic heterocycles. The molecule has 6 nitrogen and oxygen atoms in total. The van der Waals surface area contributed by atoms with E-state index in [1.54, 1.807) is 25.4 Å². The zero-order valence-corrected chi connectivity index (χ0v) is 15.8. The van der Waals surface area contributed by atoms with Gasteiger partial charge in [0.15, 0.2) is 5.75 Å². The molecule has 0 fully saturated rings. The summed E-state index contributed by atoms with van der Waals surface area (Å²) < 4.78 is 5.35. The van der Waals surface area contributed by atoms with Crippen molar-refractivity contribution < 1.29 is 14.6 Å². The van der Waals surface area contributed by atoms with Gasteiger partial charge in [0.2, 0.25) is 5.91 Å². The first kappa shape index (κ1) is 18.0. The van der Waals surface area contributed by atoms with Crippen molar-refractivity contribution in [1.29, 1.82) is 0 Å². The summed E-state index contributed by atoms with van der Waals surface area (Å²) in [6.07, 6.45) is 2.18. The Hall–Kier alpha value is -2.76. The number of benzene rings is 1. The summed E-state index contributed by atoms with van der Waals surface area (Å²) in [5.41, 5.74) is 3.01. The van der Waals surface area contributed by atoms with Crippen LogP contribution in [0.15, 0.2) is 30.5 Å². The number of aromatic nitrogens is 1. The molecule has 0 bridgehead atoms. The van der Waals surface area contributed by atoms with Gasteiger partial charge >= 0.3 is 0 Å². The normalized spacial score (nSPS) is 16.3. The lowest BCUT2D eigenvalue weighted by atomic mass is 9.91. The highest BCUT2D eigenvalue weighted by Gasteiger charge is 2.34. The molecule has 1 amide bonds. The molecule has 0 saturated heterocycles. The van der Waals surface area contributed by atoms with E-state index in [1.807, 2.05) is 24.1 Å². The Kier molecular flexibility index (Phi) is 4.52. The van der Waals surface area contributed by atoms with Crippen LogP contribution in [0, 0.1) is 0 Å². The number of carbonyl (C=O) groups excluding carboxylic acids is 1. The van der Waals surface area contributed by atoms with Gasteiger partial charge < -0.3 is 20.1 Å². The van der Waals surface area contributed by atoms with E-state index in [-0.39, 0.29) is 17.1 Å². The number of nitrogens with zero attached hydrogens (tertiary/aromatic N) is 2.